The molecule has 0 aliphatic heterocycles. The molecule has 0 amide bonds. The van der Waals surface area contributed by atoms with Crippen molar-refractivity contribution in [2.45, 2.75) is 59.3 Å². The molecule has 0 radical (unpaired) electrons. The summed E-state index contributed by atoms with van der Waals surface area (Å²) < 4.78 is 0. The average Bonchev–Trinajstić information content (AvgIpc) is 2.74. The molecule has 0 saturated heterocycles. The van der Waals surface area contributed by atoms with Gasteiger partial charge in [-0.3, -0.25) is 9.98 Å². The van der Waals surface area contributed by atoms with Crippen LogP contribution >= 0.6 is 0 Å². The third-order valence-corrected chi connectivity index (χ3v) is 4.78. The maximum atomic E-state index is 4.83. The first-order chi connectivity index (χ1) is 14.2. The average molecular weight is 445 g/mol. The van der Waals surface area contributed by atoms with E-state index in [0.717, 1.165) is 55.6 Å². The quantitative estimate of drug-likeness (QED) is 0.145. The largest absolute Gasteiger partial charge is 0.255 e. The molecule has 0 N–H and O–H groups in total. The molecule has 0 atom stereocenters. The van der Waals surface area contributed by atoms with E-state index >= 15 is 0 Å². The number of benzene rings is 2. The second-order valence-corrected chi connectivity index (χ2v) is 7.19. The Morgan fingerprint density at radius 2 is 1.27 bits per heavy atom. The number of aliphatic imine (C=N–C) groups is 2. The maximum Gasteiger partial charge on any atom is 0.0665 e. The number of aryl methyl sites for hydroxylation is 2. The van der Waals surface area contributed by atoms with Gasteiger partial charge in [0.2, 0.25) is 0 Å². The third kappa shape index (κ3) is 9.50. The Kier molecular flexibility index (Phi) is 13.4. The summed E-state index contributed by atoms with van der Waals surface area (Å²) in [5.74, 6) is 0. The van der Waals surface area contributed by atoms with Gasteiger partial charge in [0, 0.05) is 22.7 Å². The zero-order valence-corrected chi connectivity index (χ0v) is 19.4. The topological polar surface area (TPSA) is 24.7 Å². The van der Waals surface area contributed by atoms with Crippen molar-refractivity contribution in [3.05, 3.63) is 84.0 Å². The van der Waals surface area contributed by atoms with Crippen LogP contribution in [0.2, 0.25) is 0 Å². The van der Waals surface area contributed by atoms with Crippen LogP contribution in [0.25, 0.3) is 0 Å². The molecular formula is C27H34N2Ni. The Morgan fingerprint density at radius 3 is 1.83 bits per heavy atom. The second kappa shape index (κ2) is 15.6. The van der Waals surface area contributed by atoms with E-state index in [4.69, 9.17) is 9.98 Å². The fourth-order valence-corrected chi connectivity index (χ4v) is 3.22. The van der Waals surface area contributed by atoms with Gasteiger partial charge < -0.3 is 0 Å². The summed E-state index contributed by atoms with van der Waals surface area (Å²) in [4.78, 5) is 9.56. The monoisotopic (exact) mass is 444 g/mol. The summed E-state index contributed by atoms with van der Waals surface area (Å²) >= 11 is 0. The van der Waals surface area contributed by atoms with Crippen molar-refractivity contribution in [1.82, 2.24) is 0 Å². The van der Waals surface area contributed by atoms with Gasteiger partial charge in [-0.2, -0.15) is 0 Å². The number of unbranched alkanes of at least 4 members (excludes halogenated alkanes) is 2. The van der Waals surface area contributed by atoms with Crippen LogP contribution in [0.4, 0.5) is 11.4 Å². The van der Waals surface area contributed by atoms with Gasteiger partial charge in [0.05, 0.1) is 17.1 Å². The van der Waals surface area contributed by atoms with Gasteiger partial charge in [0.25, 0.3) is 0 Å². The van der Waals surface area contributed by atoms with Crippen molar-refractivity contribution in [2.24, 2.45) is 9.98 Å². The minimum atomic E-state index is 0. The minimum absolute atomic E-state index is 0. The van der Waals surface area contributed by atoms with Gasteiger partial charge in [0.15, 0.2) is 0 Å². The van der Waals surface area contributed by atoms with E-state index in [0.29, 0.717) is 0 Å². The molecule has 0 spiro atoms. The van der Waals surface area contributed by atoms with E-state index in [1.54, 1.807) is 0 Å². The standard InChI is InChI=1S/C27H34N2.Ni/c1-4-6-8-10-16-24-18-12-14-20-26(24)28-22-23(3)29-27-21-15-13-19-25(27)17-11-9-7-5-2;/h4-7,12-15,18-22H,8-11,16-17H2,1-3H3;/b6-4+,7-5+,28-22?,29-23?;. The fraction of sp³-hybridized carbons (Fsp3) is 0.333. The van der Waals surface area contributed by atoms with Gasteiger partial charge in [-0.15, -0.1) is 0 Å². The number of nitrogens with zero attached hydrogens (tertiary/aromatic N) is 2. The summed E-state index contributed by atoms with van der Waals surface area (Å²) in [6.45, 7) is 6.16. The zero-order chi connectivity index (χ0) is 20.7. The van der Waals surface area contributed by atoms with E-state index in [2.05, 4.69) is 86.7 Å². The predicted octanol–water partition coefficient (Wildman–Crippen LogP) is 7.98. The van der Waals surface area contributed by atoms with Crippen molar-refractivity contribution in [2.75, 3.05) is 0 Å². The Balaban J connectivity index is 0.00000450. The molecule has 0 aliphatic rings. The Labute approximate surface area is 192 Å². The molecule has 162 valence electrons. The molecule has 2 nitrogen and oxygen atoms in total. The number of hydrogen-bond donors (Lipinski definition) is 0. The summed E-state index contributed by atoms with van der Waals surface area (Å²) in [6.07, 6.45) is 17.2. The molecule has 2 aromatic rings. The first-order valence-corrected chi connectivity index (χ1v) is 10.7. The van der Waals surface area contributed by atoms with Crippen LogP contribution in [-0.4, -0.2) is 11.9 Å². The zero-order valence-electron chi connectivity index (χ0n) is 18.5. The summed E-state index contributed by atoms with van der Waals surface area (Å²) in [5.41, 5.74) is 5.62. The molecule has 0 bridgehead atoms. The van der Waals surface area contributed by atoms with Crippen molar-refractivity contribution >= 4 is 23.3 Å². The van der Waals surface area contributed by atoms with Gasteiger partial charge in [-0.25, -0.2) is 0 Å². The molecule has 0 aromatic heterocycles. The Bertz CT molecular complexity index is 863. The molecule has 0 aliphatic carbocycles. The first kappa shape index (κ1) is 25.8. The van der Waals surface area contributed by atoms with Crippen LogP contribution in [0.5, 0.6) is 0 Å². The molecule has 0 fully saturated rings. The van der Waals surface area contributed by atoms with Crippen molar-refractivity contribution in [1.29, 1.82) is 0 Å². The summed E-state index contributed by atoms with van der Waals surface area (Å²) in [6, 6.07) is 16.8. The molecule has 30 heavy (non-hydrogen) atoms. The minimum Gasteiger partial charge on any atom is -0.255 e. The Hall–Kier alpha value is -2.25. The van der Waals surface area contributed by atoms with Crippen LogP contribution in [0.3, 0.4) is 0 Å². The van der Waals surface area contributed by atoms with Crippen LogP contribution < -0.4 is 0 Å². The predicted molar refractivity (Wildman–Crippen MR) is 129 cm³/mol. The normalized spacial score (nSPS) is 12.2. The SMILES string of the molecule is C/C=C/CCCc1ccccc1N=CC(C)=Nc1ccccc1CCC/C=C/C.[Ni]. The first-order valence-electron chi connectivity index (χ1n) is 10.7. The smallest absolute Gasteiger partial charge is 0.0665 e. The van der Waals surface area contributed by atoms with Gasteiger partial charge >= 0.3 is 0 Å². The van der Waals surface area contributed by atoms with Gasteiger partial charge in [-0.05, 0) is 82.6 Å². The molecular weight excluding hydrogens is 411 g/mol. The van der Waals surface area contributed by atoms with Crippen LogP contribution in [0, 0.1) is 0 Å². The van der Waals surface area contributed by atoms with Gasteiger partial charge in [0.1, 0.15) is 0 Å². The molecule has 3 heteroatoms. The van der Waals surface area contributed by atoms with E-state index in [-0.39, 0.29) is 16.5 Å². The maximum absolute atomic E-state index is 4.83. The molecule has 0 heterocycles. The molecule has 0 unspecified atom stereocenters. The van der Waals surface area contributed by atoms with Crippen LogP contribution in [-0.2, 0) is 29.3 Å². The second-order valence-electron chi connectivity index (χ2n) is 7.19. The van der Waals surface area contributed by atoms with Crippen LogP contribution in [0.1, 0.15) is 57.6 Å². The molecule has 2 aromatic carbocycles. The van der Waals surface area contributed by atoms with E-state index in [9.17, 15) is 0 Å². The number of hydrogen-bond acceptors (Lipinski definition) is 2. The number of rotatable bonds is 11. The number of para-hydroxylation sites is 2. The summed E-state index contributed by atoms with van der Waals surface area (Å²) in [7, 11) is 0. The summed E-state index contributed by atoms with van der Waals surface area (Å²) in [5, 5.41) is 0. The third-order valence-electron chi connectivity index (χ3n) is 4.78. The van der Waals surface area contributed by atoms with E-state index in [1.807, 2.05) is 13.1 Å². The van der Waals surface area contributed by atoms with E-state index in [1.165, 1.54) is 11.1 Å². The molecule has 0 saturated carbocycles. The van der Waals surface area contributed by atoms with Crippen molar-refractivity contribution < 1.29 is 16.5 Å². The van der Waals surface area contributed by atoms with E-state index < -0.39 is 0 Å². The Morgan fingerprint density at radius 1 is 0.767 bits per heavy atom. The van der Waals surface area contributed by atoms with Gasteiger partial charge in [-0.1, -0.05) is 60.7 Å². The van der Waals surface area contributed by atoms with Crippen molar-refractivity contribution in [3.63, 3.8) is 0 Å². The number of allylic oxidation sites excluding steroid dienone is 4. The fourth-order valence-electron chi connectivity index (χ4n) is 3.22. The van der Waals surface area contributed by atoms with Crippen LogP contribution in [0.15, 0.2) is 82.8 Å². The van der Waals surface area contributed by atoms with Crippen molar-refractivity contribution in [3.8, 4) is 0 Å². The molecule has 2 rings (SSSR count).